The Bertz CT molecular complexity index is 1110. The molecule has 0 aromatic heterocycles. The Labute approximate surface area is 183 Å². The lowest BCUT2D eigenvalue weighted by molar-refractivity contribution is -0.383. The van der Waals surface area contributed by atoms with Gasteiger partial charge in [-0.1, -0.05) is 31.5 Å². The van der Waals surface area contributed by atoms with Crippen molar-refractivity contribution in [2.75, 3.05) is 13.7 Å². The average molecular weight is 445 g/mol. The molecule has 0 fully saturated rings. The number of para-hydroxylation sites is 1. The fourth-order valence-corrected chi connectivity index (χ4v) is 3.35. The third-order valence-electron chi connectivity index (χ3n) is 4.95. The number of benzene rings is 3. The summed E-state index contributed by atoms with van der Waals surface area (Å²) in [6.45, 7) is 2.43. The number of rotatable bonds is 8. The van der Waals surface area contributed by atoms with E-state index in [1.54, 1.807) is 30.3 Å². The molecule has 3 rings (SSSR count). The van der Waals surface area contributed by atoms with Gasteiger partial charge in [0.15, 0.2) is 0 Å². The van der Waals surface area contributed by atoms with E-state index >= 15 is 0 Å². The number of nitro groups is 1. The number of unbranched alkanes of at least 4 members (excludes halogenated alkanes) is 1. The molecule has 0 saturated heterocycles. The van der Waals surface area contributed by atoms with Gasteiger partial charge in [0, 0.05) is 11.6 Å². The molecule has 3 aromatic carbocycles. The number of nitro benzene ring substituents is 1. The highest BCUT2D eigenvalue weighted by atomic mass is 19.4. The predicted octanol–water partition coefficient (Wildman–Crippen LogP) is 7.14. The minimum atomic E-state index is -4.56. The summed E-state index contributed by atoms with van der Waals surface area (Å²) >= 11 is 0. The Morgan fingerprint density at radius 1 is 0.969 bits per heavy atom. The molecular weight excluding hydrogens is 423 g/mol. The molecule has 0 unspecified atom stereocenters. The van der Waals surface area contributed by atoms with Gasteiger partial charge in [-0.2, -0.15) is 13.2 Å². The zero-order chi connectivity index (χ0) is 23.3. The number of methoxy groups -OCH3 is 1. The van der Waals surface area contributed by atoms with Gasteiger partial charge >= 0.3 is 6.18 Å². The molecule has 3 aromatic rings. The van der Waals surface area contributed by atoms with Crippen LogP contribution in [0.3, 0.4) is 0 Å². The van der Waals surface area contributed by atoms with Crippen LogP contribution in [0.5, 0.6) is 11.5 Å². The summed E-state index contributed by atoms with van der Waals surface area (Å²) in [7, 11) is 1.50. The van der Waals surface area contributed by atoms with Crippen molar-refractivity contribution in [1.29, 1.82) is 0 Å². The molecule has 0 atom stereocenters. The van der Waals surface area contributed by atoms with Crippen molar-refractivity contribution in [3.63, 3.8) is 0 Å². The maximum atomic E-state index is 13.2. The Morgan fingerprint density at radius 2 is 1.69 bits per heavy atom. The molecule has 0 heterocycles. The van der Waals surface area contributed by atoms with E-state index in [1.807, 2.05) is 6.92 Å². The summed E-state index contributed by atoms with van der Waals surface area (Å²) in [4.78, 5) is 11.5. The zero-order valence-corrected chi connectivity index (χ0v) is 17.6. The Kier molecular flexibility index (Phi) is 7.02. The molecule has 0 radical (unpaired) electrons. The summed E-state index contributed by atoms with van der Waals surface area (Å²) in [5, 5.41) is 12.1. The van der Waals surface area contributed by atoms with Crippen molar-refractivity contribution in [3.8, 4) is 33.8 Å². The van der Waals surface area contributed by atoms with Crippen molar-refractivity contribution in [2.24, 2.45) is 0 Å². The minimum Gasteiger partial charge on any atom is -0.497 e. The van der Waals surface area contributed by atoms with Gasteiger partial charge in [0.25, 0.3) is 5.69 Å². The van der Waals surface area contributed by atoms with Gasteiger partial charge in [0.1, 0.15) is 11.5 Å². The number of halogens is 3. The third-order valence-corrected chi connectivity index (χ3v) is 4.95. The van der Waals surface area contributed by atoms with E-state index in [0.717, 1.165) is 25.0 Å². The topological polar surface area (TPSA) is 61.6 Å². The van der Waals surface area contributed by atoms with Gasteiger partial charge in [0.2, 0.25) is 0 Å². The van der Waals surface area contributed by atoms with Crippen LogP contribution in [0.4, 0.5) is 18.9 Å². The molecule has 0 aliphatic carbocycles. The highest BCUT2D eigenvalue weighted by Crippen LogP contribution is 2.43. The molecule has 0 N–H and O–H groups in total. The van der Waals surface area contributed by atoms with E-state index in [-0.39, 0.29) is 22.4 Å². The number of alkyl halides is 3. The molecule has 0 bridgehead atoms. The number of ether oxygens (including phenoxy) is 2. The van der Waals surface area contributed by atoms with Crippen molar-refractivity contribution >= 4 is 5.69 Å². The maximum Gasteiger partial charge on any atom is 0.416 e. The quantitative estimate of drug-likeness (QED) is 0.210. The standard InChI is InChI=1S/C24H22F3NO4/c1-3-4-13-32-22-15-18(31-2)11-12-20(22)21-10-6-9-19(23(21)28(29)30)16-7-5-8-17(14-16)24(25,26)27/h5-12,14-15H,3-4,13H2,1-2H3. The van der Waals surface area contributed by atoms with Gasteiger partial charge in [-0.15, -0.1) is 0 Å². The van der Waals surface area contributed by atoms with E-state index in [1.165, 1.54) is 25.3 Å². The first kappa shape index (κ1) is 23.1. The normalized spacial score (nSPS) is 11.3. The van der Waals surface area contributed by atoms with Crippen molar-refractivity contribution in [1.82, 2.24) is 0 Å². The highest BCUT2D eigenvalue weighted by molar-refractivity contribution is 5.88. The molecular formula is C24H22F3NO4. The van der Waals surface area contributed by atoms with E-state index in [4.69, 9.17) is 9.47 Å². The SMILES string of the molecule is CCCCOc1cc(OC)ccc1-c1cccc(-c2cccc(C(F)(F)F)c2)c1[N+](=O)[O-]. The van der Waals surface area contributed by atoms with Crippen molar-refractivity contribution in [2.45, 2.75) is 25.9 Å². The van der Waals surface area contributed by atoms with Crippen LogP contribution in [0.2, 0.25) is 0 Å². The van der Waals surface area contributed by atoms with Crippen LogP contribution in [0.15, 0.2) is 60.7 Å². The summed E-state index contributed by atoms with van der Waals surface area (Å²) in [6.07, 6.45) is -2.85. The second-order valence-electron chi connectivity index (χ2n) is 7.10. The van der Waals surface area contributed by atoms with E-state index in [0.29, 0.717) is 23.7 Å². The monoisotopic (exact) mass is 445 g/mol. The fraction of sp³-hybridized carbons (Fsp3) is 0.250. The molecule has 32 heavy (non-hydrogen) atoms. The van der Waals surface area contributed by atoms with Gasteiger partial charge in [-0.05, 0) is 48.4 Å². The fourth-order valence-electron chi connectivity index (χ4n) is 3.35. The largest absolute Gasteiger partial charge is 0.497 e. The minimum absolute atomic E-state index is 0.0916. The second kappa shape index (κ2) is 9.72. The predicted molar refractivity (Wildman–Crippen MR) is 116 cm³/mol. The van der Waals surface area contributed by atoms with Crippen LogP contribution >= 0.6 is 0 Å². The van der Waals surface area contributed by atoms with Gasteiger partial charge in [-0.25, -0.2) is 0 Å². The number of hydrogen-bond donors (Lipinski definition) is 0. The summed E-state index contributed by atoms with van der Waals surface area (Å²) < 4.78 is 50.7. The molecule has 0 aliphatic rings. The second-order valence-corrected chi connectivity index (χ2v) is 7.10. The van der Waals surface area contributed by atoms with Crippen LogP contribution in [0, 0.1) is 10.1 Å². The molecule has 0 spiro atoms. The molecule has 0 saturated carbocycles. The Hall–Kier alpha value is -3.55. The van der Waals surface area contributed by atoms with Gasteiger partial charge in [-0.3, -0.25) is 10.1 Å². The number of nitrogens with zero attached hydrogens (tertiary/aromatic N) is 1. The molecule has 0 amide bonds. The van der Waals surface area contributed by atoms with E-state index < -0.39 is 16.7 Å². The van der Waals surface area contributed by atoms with Gasteiger partial charge in [0.05, 0.1) is 35.3 Å². The van der Waals surface area contributed by atoms with Crippen molar-refractivity contribution < 1.29 is 27.6 Å². The van der Waals surface area contributed by atoms with Crippen LogP contribution in [0.25, 0.3) is 22.3 Å². The summed E-state index contributed by atoms with van der Waals surface area (Å²) in [6, 6.07) is 14.0. The van der Waals surface area contributed by atoms with Crippen LogP contribution in [-0.4, -0.2) is 18.6 Å². The lowest BCUT2D eigenvalue weighted by atomic mass is 9.94. The average Bonchev–Trinajstić information content (AvgIpc) is 2.78. The number of hydrogen-bond acceptors (Lipinski definition) is 4. The van der Waals surface area contributed by atoms with E-state index in [2.05, 4.69) is 0 Å². The first-order chi connectivity index (χ1) is 15.3. The lowest BCUT2D eigenvalue weighted by Crippen LogP contribution is -2.05. The first-order valence-corrected chi connectivity index (χ1v) is 10.0. The van der Waals surface area contributed by atoms with Crippen LogP contribution in [-0.2, 0) is 6.18 Å². The molecule has 5 nitrogen and oxygen atoms in total. The van der Waals surface area contributed by atoms with Crippen LogP contribution in [0.1, 0.15) is 25.3 Å². The first-order valence-electron chi connectivity index (χ1n) is 10.0. The summed E-state index contributed by atoms with van der Waals surface area (Å²) in [5.41, 5.74) is -0.258. The Morgan fingerprint density at radius 3 is 2.34 bits per heavy atom. The zero-order valence-electron chi connectivity index (χ0n) is 17.6. The molecule has 0 aliphatic heterocycles. The van der Waals surface area contributed by atoms with Gasteiger partial charge < -0.3 is 9.47 Å². The molecule has 168 valence electrons. The maximum absolute atomic E-state index is 13.2. The van der Waals surface area contributed by atoms with Crippen molar-refractivity contribution in [3.05, 3.63) is 76.3 Å². The molecule has 8 heteroatoms. The third kappa shape index (κ3) is 5.01. The van der Waals surface area contributed by atoms with Crippen LogP contribution < -0.4 is 9.47 Å². The smallest absolute Gasteiger partial charge is 0.416 e. The lowest BCUT2D eigenvalue weighted by Gasteiger charge is -2.15. The van der Waals surface area contributed by atoms with E-state index in [9.17, 15) is 23.3 Å². The Balaban J connectivity index is 2.19. The summed E-state index contributed by atoms with van der Waals surface area (Å²) in [5.74, 6) is 0.930. The highest BCUT2D eigenvalue weighted by Gasteiger charge is 2.31.